The van der Waals surface area contributed by atoms with Crippen molar-refractivity contribution in [2.75, 3.05) is 25.1 Å². The maximum absolute atomic E-state index is 11.9. The van der Waals surface area contributed by atoms with Crippen LogP contribution in [-0.2, 0) is 14.3 Å². The van der Waals surface area contributed by atoms with Crippen molar-refractivity contribution in [3.63, 3.8) is 0 Å². The van der Waals surface area contributed by atoms with Gasteiger partial charge in [0.15, 0.2) is 0 Å². The van der Waals surface area contributed by atoms with E-state index in [1.807, 2.05) is 6.92 Å². The Morgan fingerprint density at radius 1 is 1.33 bits per heavy atom. The van der Waals surface area contributed by atoms with Gasteiger partial charge in [0.1, 0.15) is 6.10 Å². The second-order valence-corrected chi connectivity index (χ2v) is 4.53. The van der Waals surface area contributed by atoms with Crippen LogP contribution < -0.4 is 5.32 Å². The highest BCUT2D eigenvalue weighted by atomic mass is 16.5. The van der Waals surface area contributed by atoms with Gasteiger partial charge in [-0.25, -0.2) is 4.79 Å². The van der Waals surface area contributed by atoms with Gasteiger partial charge in [-0.2, -0.15) is 0 Å². The highest BCUT2D eigenvalue weighted by molar-refractivity contribution is 5.95. The van der Waals surface area contributed by atoms with Crippen molar-refractivity contribution in [3.8, 4) is 0 Å². The molecule has 6 nitrogen and oxygen atoms in total. The molecular weight excluding hydrogens is 274 g/mol. The largest absolute Gasteiger partial charge is 0.478 e. The molecule has 0 aromatic heterocycles. The molecule has 0 radical (unpaired) electrons. The standard InChI is InChI=1S/C15H21NO5/c1-4-20-7-8-21-11(3)14(17)16-12-5-6-13(15(18)19)10(2)9-12/h5-6,9,11H,4,7-8H2,1-3H3,(H,16,17)(H,18,19)/t11-/m0/s1. The molecule has 2 N–H and O–H groups in total. The zero-order valence-corrected chi connectivity index (χ0v) is 12.5. The van der Waals surface area contributed by atoms with Crippen molar-refractivity contribution in [1.82, 2.24) is 0 Å². The fourth-order valence-electron chi connectivity index (χ4n) is 1.73. The highest BCUT2D eigenvalue weighted by Crippen LogP contribution is 2.15. The maximum Gasteiger partial charge on any atom is 0.335 e. The highest BCUT2D eigenvalue weighted by Gasteiger charge is 2.14. The first kappa shape index (κ1) is 17.1. The fraction of sp³-hybridized carbons (Fsp3) is 0.467. The zero-order valence-electron chi connectivity index (χ0n) is 12.5. The van der Waals surface area contributed by atoms with E-state index in [0.717, 1.165) is 0 Å². The van der Waals surface area contributed by atoms with Gasteiger partial charge in [-0.3, -0.25) is 4.79 Å². The number of carboxylic acids is 1. The van der Waals surface area contributed by atoms with E-state index in [0.29, 0.717) is 31.1 Å². The molecule has 1 atom stereocenters. The fourth-order valence-corrected chi connectivity index (χ4v) is 1.73. The van der Waals surface area contributed by atoms with Gasteiger partial charge in [0.05, 0.1) is 18.8 Å². The summed E-state index contributed by atoms with van der Waals surface area (Å²) < 4.78 is 10.5. The maximum atomic E-state index is 11.9. The molecule has 1 aromatic rings. The molecule has 0 aliphatic heterocycles. The van der Waals surface area contributed by atoms with E-state index in [2.05, 4.69) is 5.32 Å². The minimum absolute atomic E-state index is 0.217. The molecule has 0 aliphatic carbocycles. The van der Waals surface area contributed by atoms with Crippen molar-refractivity contribution in [3.05, 3.63) is 29.3 Å². The van der Waals surface area contributed by atoms with Gasteiger partial charge in [0.2, 0.25) is 0 Å². The number of nitrogens with one attached hydrogen (secondary N) is 1. The van der Waals surface area contributed by atoms with Crippen LogP contribution in [0.5, 0.6) is 0 Å². The van der Waals surface area contributed by atoms with Crippen LogP contribution in [-0.4, -0.2) is 42.9 Å². The van der Waals surface area contributed by atoms with Crippen LogP contribution in [0.2, 0.25) is 0 Å². The molecule has 1 aromatic carbocycles. The van der Waals surface area contributed by atoms with Gasteiger partial charge >= 0.3 is 5.97 Å². The normalized spacial score (nSPS) is 12.0. The first-order valence-corrected chi connectivity index (χ1v) is 6.79. The Morgan fingerprint density at radius 3 is 2.62 bits per heavy atom. The van der Waals surface area contributed by atoms with Gasteiger partial charge in [-0.05, 0) is 44.5 Å². The topological polar surface area (TPSA) is 84.9 Å². The molecule has 1 rings (SSSR count). The Morgan fingerprint density at radius 2 is 2.05 bits per heavy atom. The number of hydrogen-bond acceptors (Lipinski definition) is 4. The van der Waals surface area contributed by atoms with Gasteiger partial charge < -0.3 is 19.9 Å². The number of aromatic carboxylic acids is 1. The summed E-state index contributed by atoms with van der Waals surface area (Å²) in [4.78, 5) is 22.8. The number of hydrogen-bond donors (Lipinski definition) is 2. The third-order valence-electron chi connectivity index (χ3n) is 2.89. The summed E-state index contributed by atoms with van der Waals surface area (Å²) in [5.74, 6) is -1.27. The second kappa shape index (κ2) is 8.39. The Labute approximate surface area is 124 Å². The van der Waals surface area contributed by atoms with Crippen LogP contribution >= 0.6 is 0 Å². The molecule has 116 valence electrons. The number of ether oxygens (including phenoxy) is 2. The minimum Gasteiger partial charge on any atom is -0.478 e. The average Bonchev–Trinajstić information content (AvgIpc) is 2.43. The van der Waals surface area contributed by atoms with Gasteiger partial charge in [0, 0.05) is 12.3 Å². The molecule has 0 fully saturated rings. The SMILES string of the molecule is CCOCCO[C@@H](C)C(=O)Nc1ccc(C(=O)O)c(C)c1. The number of aryl methyl sites for hydroxylation is 1. The minimum atomic E-state index is -0.988. The van der Waals surface area contributed by atoms with Crippen LogP contribution in [0, 0.1) is 6.92 Å². The van der Waals surface area contributed by atoms with Crippen molar-refractivity contribution < 1.29 is 24.2 Å². The quantitative estimate of drug-likeness (QED) is 0.717. The van der Waals surface area contributed by atoms with Gasteiger partial charge in [0.25, 0.3) is 5.91 Å². The summed E-state index contributed by atoms with van der Waals surface area (Å²) in [5.41, 5.74) is 1.35. The van der Waals surface area contributed by atoms with E-state index >= 15 is 0 Å². The number of carbonyl (C=O) groups excluding carboxylic acids is 1. The Hall–Kier alpha value is -1.92. The van der Waals surface area contributed by atoms with E-state index in [9.17, 15) is 9.59 Å². The molecule has 0 saturated heterocycles. The predicted molar refractivity (Wildman–Crippen MR) is 78.7 cm³/mol. The van der Waals surface area contributed by atoms with Gasteiger partial charge in [-0.15, -0.1) is 0 Å². The smallest absolute Gasteiger partial charge is 0.335 e. The number of anilines is 1. The zero-order chi connectivity index (χ0) is 15.8. The number of rotatable bonds is 8. The van der Waals surface area contributed by atoms with Crippen molar-refractivity contribution in [2.24, 2.45) is 0 Å². The average molecular weight is 295 g/mol. The summed E-state index contributed by atoms with van der Waals surface area (Å²) in [6, 6.07) is 4.64. The third kappa shape index (κ3) is 5.53. The lowest BCUT2D eigenvalue weighted by Crippen LogP contribution is -2.29. The number of benzene rings is 1. The van der Waals surface area contributed by atoms with E-state index in [4.69, 9.17) is 14.6 Å². The Balaban J connectivity index is 2.54. The van der Waals surface area contributed by atoms with Gasteiger partial charge in [-0.1, -0.05) is 0 Å². The molecule has 0 spiro atoms. The molecule has 0 aliphatic rings. The van der Waals surface area contributed by atoms with Crippen molar-refractivity contribution in [2.45, 2.75) is 26.9 Å². The van der Waals surface area contributed by atoms with Crippen LogP contribution in [0.25, 0.3) is 0 Å². The lowest BCUT2D eigenvalue weighted by atomic mass is 10.1. The number of carboxylic acid groups (broad SMARTS) is 1. The summed E-state index contributed by atoms with van der Waals surface area (Å²) in [6.45, 7) is 6.62. The molecule has 21 heavy (non-hydrogen) atoms. The number of amides is 1. The lowest BCUT2D eigenvalue weighted by Gasteiger charge is -2.14. The monoisotopic (exact) mass is 295 g/mol. The first-order valence-electron chi connectivity index (χ1n) is 6.79. The van der Waals surface area contributed by atoms with E-state index < -0.39 is 12.1 Å². The van der Waals surface area contributed by atoms with E-state index in [1.165, 1.54) is 6.07 Å². The summed E-state index contributed by atoms with van der Waals surface area (Å²) in [5, 5.41) is 11.6. The van der Waals surface area contributed by atoms with E-state index in [1.54, 1.807) is 26.0 Å². The van der Waals surface area contributed by atoms with Crippen LogP contribution in [0.15, 0.2) is 18.2 Å². The molecular formula is C15H21NO5. The van der Waals surface area contributed by atoms with Crippen LogP contribution in [0.4, 0.5) is 5.69 Å². The Kier molecular flexibility index (Phi) is 6.84. The summed E-state index contributed by atoms with van der Waals surface area (Å²) >= 11 is 0. The molecule has 0 unspecified atom stereocenters. The van der Waals surface area contributed by atoms with Crippen molar-refractivity contribution in [1.29, 1.82) is 0 Å². The summed E-state index contributed by atoms with van der Waals surface area (Å²) in [7, 11) is 0. The number of carbonyl (C=O) groups is 2. The Bertz CT molecular complexity index is 501. The lowest BCUT2D eigenvalue weighted by molar-refractivity contribution is -0.127. The molecule has 0 heterocycles. The molecule has 0 saturated carbocycles. The van der Waals surface area contributed by atoms with Crippen molar-refractivity contribution >= 4 is 17.6 Å². The van der Waals surface area contributed by atoms with Crippen LogP contribution in [0.3, 0.4) is 0 Å². The predicted octanol–water partition coefficient (Wildman–Crippen LogP) is 2.07. The molecule has 6 heteroatoms. The molecule has 0 bridgehead atoms. The van der Waals surface area contributed by atoms with E-state index in [-0.39, 0.29) is 11.5 Å². The second-order valence-electron chi connectivity index (χ2n) is 4.53. The summed E-state index contributed by atoms with van der Waals surface area (Å²) in [6.07, 6.45) is -0.607. The van der Waals surface area contributed by atoms with Crippen LogP contribution in [0.1, 0.15) is 29.8 Å². The first-order chi connectivity index (χ1) is 9.95. The third-order valence-corrected chi connectivity index (χ3v) is 2.89. The molecule has 1 amide bonds.